The molecule has 0 saturated carbocycles. The van der Waals surface area contributed by atoms with Gasteiger partial charge in [0.15, 0.2) is 11.0 Å². The number of aliphatic imine (C=N–C) groups is 1. The van der Waals surface area contributed by atoms with Crippen molar-refractivity contribution in [3.8, 4) is 22.8 Å². The van der Waals surface area contributed by atoms with Gasteiger partial charge in [0.05, 0.1) is 17.1 Å². The van der Waals surface area contributed by atoms with Crippen molar-refractivity contribution in [2.24, 2.45) is 4.99 Å². The van der Waals surface area contributed by atoms with Gasteiger partial charge in [-0.1, -0.05) is 55.1 Å². The SMILES string of the molecule is CCC(CNC(=O)N=C1SCC(=O)N1c1cccc2c1CCCC2)c1ccc(-c2ncn(-c3ccc(OC(F)(F)F)cc3)n2)cc1. The Labute approximate surface area is 267 Å². The molecule has 1 saturated heterocycles. The van der Waals surface area contributed by atoms with E-state index in [4.69, 9.17) is 0 Å². The van der Waals surface area contributed by atoms with Crippen LogP contribution in [0.15, 0.2) is 78.0 Å². The Morgan fingerprint density at radius 3 is 2.57 bits per heavy atom. The molecule has 46 heavy (non-hydrogen) atoms. The predicted octanol–water partition coefficient (Wildman–Crippen LogP) is 7.05. The highest BCUT2D eigenvalue weighted by molar-refractivity contribution is 8.15. The molecule has 0 radical (unpaired) electrons. The first-order valence-corrected chi connectivity index (χ1v) is 16.0. The molecule has 1 fully saturated rings. The van der Waals surface area contributed by atoms with Crippen molar-refractivity contribution >= 4 is 34.6 Å². The van der Waals surface area contributed by atoms with E-state index in [1.807, 2.05) is 43.3 Å². The summed E-state index contributed by atoms with van der Waals surface area (Å²) in [6.07, 6.45) is 1.61. The molecule has 4 aromatic rings. The number of hydrogen-bond donors (Lipinski definition) is 1. The number of benzene rings is 3. The quantitative estimate of drug-likeness (QED) is 0.220. The molecule has 2 aliphatic rings. The van der Waals surface area contributed by atoms with Crippen LogP contribution in [0.3, 0.4) is 0 Å². The topological polar surface area (TPSA) is 102 Å². The first-order valence-electron chi connectivity index (χ1n) is 15.0. The number of alkyl halides is 3. The van der Waals surface area contributed by atoms with Gasteiger partial charge in [0, 0.05) is 18.0 Å². The Morgan fingerprint density at radius 1 is 1.07 bits per heavy atom. The van der Waals surface area contributed by atoms with Crippen LogP contribution in [0.1, 0.15) is 48.8 Å². The first kappa shape index (κ1) is 31.3. The number of amides is 3. The van der Waals surface area contributed by atoms with Gasteiger partial charge < -0.3 is 10.1 Å². The summed E-state index contributed by atoms with van der Waals surface area (Å²) in [5.41, 5.74) is 5.56. The number of aryl methyl sites for hydroxylation is 1. The average molecular weight is 649 g/mol. The highest BCUT2D eigenvalue weighted by Crippen LogP contribution is 2.35. The van der Waals surface area contributed by atoms with E-state index in [1.54, 1.807) is 4.90 Å². The Balaban J connectivity index is 1.09. The molecule has 13 heteroatoms. The molecule has 238 valence electrons. The van der Waals surface area contributed by atoms with Gasteiger partial charge in [0.25, 0.3) is 0 Å². The van der Waals surface area contributed by atoms with Crippen LogP contribution < -0.4 is 15.0 Å². The summed E-state index contributed by atoms with van der Waals surface area (Å²) in [5.74, 6) is 0.329. The second-order valence-corrected chi connectivity index (χ2v) is 11.9. The molecule has 1 unspecified atom stereocenters. The number of halogens is 3. The first-order chi connectivity index (χ1) is 22.2. The van der Waals surface area contributed by atoms with Gasteiger partial charge in [-0.25, -0.2) is 14.5 Å². The minimum atomic E-state index is -4.76. The third-order valence-corrected chi connectivity index (χ3v) is 8.96. The van der Waals surface area contributed by atoms with Crippen LogP contribution in [-0.4, -0.2) is 50.5 Å². The van der Waals surface area contributed by atoms with Crippen LogP contribution in [0.5, 0.6) is 5.75 Å². The lowest BCUT2D eigenvalue weighted by molar-refractivity contribution is -0.274. The normalized spacial score (nSPS) is 16.4. The number of carbonyl (C=O) groups excluding carboxylic acids is 2. The highest BCUT2D eigenvalue weighted by Gasteiger charge is 2.33. The van der Waals surface area contributed by atoms with Gasteiger partial charge in [0.2, 0.25) is 5.91 Å². The van der Waals surface area contributed by atoms with Crippen molar-refractivity contribution in [1.29, 1.82) is 0 Å². The number of nitrogens with zero attached hydrogens (tertiary/aromatic N) is 5. The molecule has 3 aromatic carbocycles. The van der Waals surface area contributed by atoms with E-state index < -0.39 is 12.4 Å². The molecule has 1 aliphatic carbocycles. The fourth-order valence-corrected chi connectivity index (χ4v) is 6.57. The van der Waals surface area contributed by atoms with Crippen LogP contribution >= 0.6 is 11.8 Å². The van der Waals surface area contributed by atoms with Gasteiger partial charge in [-0.3, -0.25) is 9.69 Å². The van der Waals surface area contributed by atoms with Gasteiger partial charge in [-0.05, 0) is 79.1 Å². The summed E-state index contributed by atoms with van der Waals surface area (Å²) in [5, 5.41) is 7.77. The number of carbonyl (C=O) groups is 2. The lowest BCUT2D eigenvalue weighted by Gasteiger charge is -2.24. The van der Waals surface area contributed by atoms with E-state index in [1.165, 1.54) is 58.2 Å². The zero-order valence-electron chi connectivity index (χ0n) is 25.0. The molecule has 9 nitrogen and oxygen atoms in total. The Hall–Kier alpha value is -4.65. The Morgan fingerprint density at radius 2 is 1.83 bits per heavy atom. The molecule has 3 amide bonds. The van der Waals surface area contributed by atoms with Crippen molar-refractivity contribution < 1.29 is 27.5 Å². The van der Waals surface area contributed by atoms with Gasteiger partial charge in [-0.2, -0.15) is 4.99 Å². The number of fused-ring (bicyclic) bond motifs is 1. The zero-order valence-corrected chi connectivity index (χ0v) is 25.8. The number of urea groups is 1. The van der Waals surface area contributed by atoms with Crippen molar-refractivity contribution in [2.75, 3.05) is 17.2 Å². The molecule has 6 rings (SSSR count). The second kappa shape index (κ2) is 13.4. The van der Waals surface area contributed by atoms with E-state index in [9.17, 15) is 22.8 Å². The van der Waals surface area contributed by atoms with E-state index in [0.29, 0.717) is 23.2 Å². The van der Waals surface area contributed by atoms with Crippen molar-refractivity contribution in [3.63, 3.8) is 0 Å². The molecular weight excluding hydrogens is 617 g/mol. The number of thioether (sulfide) groups is 1. The largest absolute Gasteiger partial charge is 0.573 e. The van der Waals surface area contributed by atoms with Crippen molar-refractivity contribution in [2.45, 2.75) is 51.3 Å². The summed E-state index contributed by atoms with van der Waals surface area (Å²) in [6, 6.07) is 18.6. The zero-order chi connectivity index (χ0) is 32.3. The number of hydrogen-bond acceptors (Lipinski definition) is 6. The standard InChI is InChI=1S/C33H31F3N6O3S/c1-2-21(18-37-31(44)39-32-42(29(43)19-46-32)28-9-5-7-23-6-3-4-8-27(23)28)22-10-12-24(13-11-22)30-38-20-41(40-30)25-14-16-26(17-15-25)45-33(34,35)36/h5,7,9-17,20-21H,2-4,6,8,18-19H2,1H3,(H,37,44). The van der Waals surface area contributed by atoms with Crippen LogP contribution in [0, 0.1) is 0 Å². The Kier molecular flexibility index (Phi) is 9.11. The number of amidine groups is 1. The lowest BCUT2D eigenvalue weighted by atomic mass is 9.90. The summed E-state index contributed by atoms with van der Waals surface area (Å²) < 4.78 is 42.7. The maximum Gasteiger partial charge on any atom is 0.573 e. The van der Waals surface area contributed by atoms with Crippen LogP contribution in [0.4, 0.5) is 23.7 Å². The minimum Gasteiger partial charge on any atom is -0.406 e. The van der Waals surface area contributed by atoms with Gasteiger partial charge >= 0.3 is 12.4 Å². The van der Waals surface area contributed by atoms with Crippen molar-refractivity contribution in [3.05, 3.63) is 89.7 Å². The molecule has 1 atom stereocenters. The molecule has 1 N–H and O–H groups in total. The summed E-state index contributed by atoms with van der Waals surface area (Å²) in [6.45, 7) is 2.41. The molecular formula is C33H31F3N6O3S. The molecule has 2 heterocycles. The molecule has 1 aromatic heterocycles. The monoisotopic (exact) mass is 648 g/mol. The average Bonchev–Trinajstić information content (AvgIpc) is 3.68. The van der Waals surface area contributed by atoms with Crippen LogP contribution in [0.2, 0.25) is 0 Å². The maximum absolute atomic E-state index is 12.9. The minimum absolute atomic E-state index is 0.0243. The summed E-state index contributed by atoms with van der Waals surface area (Å²) >= 11 is 1.28. The van der Waals surface area contributed by atoms with E-state index in [0.717, 1.165) is 48.9 Å². The van der Waals surface area contributed by atoms with E-state index >= 15 is 0 Å². The van der Waals surface area contributed by atoms with Gasteiger partial charge in [-0.15, -0.1) is 18.3 Å². The third kappa shape index (κ3) is 7.09. The fraction of sp³-hybridized carbons (Fsp3) is 0.303. The molecule has 0 bridgehead atoms. The van der Waals surface area contributed by atoms with E-state index in [-0.39, 0.29) is 23.3 Å². The third-order valence-electron chi connectivity index (χ3n) is 8.03. The number of rotatable bonds is 8. The highest BCUT2D eigenvalue weighted by atomic mass is 32.2. The lowest BCUT2D eigenvalue weighted by Crippen LogP contribution is -2.33. The number of ether oxygens (including phenoxy) is 1. The summed E-state index contributed by atoms with van der Waals surface area (Å²) in [4.78, 5) is 36.0. The predicted molar refractivity (Wildman–Crippen MR) is 170 cm³/mol. The van der Waals surface area contributed by atoms with E-state index in [2.05, 4.69) is 31.2 Å². The Bertz CT molecular complexity index is 1760. The number of nitrogens with one attached hydrogen (secondary N) is 1. The fourth-order valence-electron chi connectivity index (χ4n) is 5.71. The maximum atomic E-state index is 12.9. The second-order valence-electron chi connectivity index (χ2n) is 11.0. The smallest absolute Gasteiger partial charge is 0.406 e. The number of anilines is 1. The molecule has 0 spiro atoms. The summed E-state index contributed by atoms with van der Waals surface area (Å²) in [7, 11) is 0. The van der Waals surface area contributed by atoms with Crippen LogP contribution in [0.25, 0.3) is 17.1 Å². The number of aromatic nitrogens is 3. The van der Waals surface area contributed by atoms with Crippen molar-refractivity contribution in [1.82, 2.24) is 20.1 Å². The van der Waals surface area contributed by atoms with Gasteiger partial charge in [0.1, 0.15) is 12.1 Å². The molecule has 1 aliphatic heterocycles. The van der Waals surface area contributed by atoms with Crippen LogP contribution in [-0.2, 0) is 17.6 Å².